The van der Waals surface area contributed by atoms with E-state index in [1.165, 1.54) is 0 Å². The van der Waals surface area contributed by atoms with Crippen molar-refractivity contribution in [2.45, 2.75) is 24.9 Å². The molecule has 1 heterocycles. The molecule has 1 aliphatic rings. The van der Waals surface area contributed by atoms with Gasteiger partial charge < -0.3 is 9.84 Å². The first-order valence-electron chi connectivity index (χ1n) is 4.43. The lowest BCUT2D eigenvalue weighted by atomic mass is 10.1. The Hall–Kier alpha value is -1.09. The van der Waals surface area contributed by atoms with Gasteiger partial charge in [0.15, 0.2) is 0 Å². The molecule has 3 heteroatoms. The number of rotatable bonds is 3. The molecule has 1 aliphatic carbocycles. The number of pyridine rings is 1. The highest BCUT2D eigenvalue weighted by atomic mass is 16.5. The Labute approximate surface area is 77.4 Å². The van der Waals surface area contributed by atoms with Gasteiger partial charge >= 0.3 is 0 Å². The number of ether oxygens (including phenoxy) is 1. The summed E-state index contributed by atoms with van der Waals surface area (Å²) in [5.41, 5.74) is 0.636. The molecule has 2 rings (SSSR count). The van der Waals surface area contributed by atoms with Gasteiger partial charge in [0.25, 0.3) is 0 Å². The summed E-state index contributed by atoms with van der Waals surface area (Å²) in [7, 11) is 1.59. The molecule has 0 bridgehead atoms. The Morgan fingerprint density at radius 3 is 2.77 bits per heavy atom. The topological polar surface area (TPSA) is 42.4 Å². The van der Waals surface area contributed by atoms with Crippen LogP contribution in [0, 0.1) is 0 Å². The maximum Gasteiger partial charge on any atom is 0.212 e. The third-order valence-corrected chi connectivity index (χ3v) is 2.37. The van der Waals surface area contributed by atoms with Gasteiger partial charge in [-0.1, -0.05) is 6.07 Å². The van der Waals surface area contributed by atoms with Crippen molar-refractivity contribution in [3.8, 4) is 5.88 Å². The molecule has 1 fully saturated rings. The van der Waals surface area contributed by atoms with Gasteiger partial charge in [0.1, 0.15) is 0 Å². The first-order valence-corrected chi connectivity index (χ1v) is 4.43. The number of aromatic nitrogens is 1. The van der Waals surface area contributed by atoms with Crippen LogP contribution in [0.4, 0.5) is 0 Å². The lowest BCUT2D eigenvalue weighted by Gasteiger charge is -2.06. The van der Waals surface area contributed by atoms with E-state index in [-0.39, 0.29) is 0 Å². The number of aliphatic hydroxyl groups is 1. The summed E-state index contributed by atoms with van der Waals surface area (Å²) < 4.78 is 4.94. The first-order chi connectivity index (χ1) is 6.22. The largest absolute Gasteiger partial charge is 0.481 e. The normalized spacial score (nSPS) is 18.3. The van der Waals surface area contributed by atoms with Gasteiger partial charge in [-0.3, -0.25) is 0 Å². The molecule has 1 saturated carbocycles. The average Bonchev–Trinajstić information content (AvgIpc) is 2.85. The van der Waals surface area contributed by atoms with Gasteiger partial charge in [-0.15, -0.1) is 0 Å². The summed E-state index contributed by atoms with van der Waals surface area (Å²) in [6.45, 7) is 0. The predicted molar refractivity (Wildman–Crippen MR) is 48.7 cm³/mol. The highest BCUT2D eigenvalue weighted by Crippen LogP contribution is 2.38. The van der Waals surface area contributed by atoms with E-state index in [2.05, 4.69) is 4.98 Å². The minimum atomic E-state index is -0.434. The molecule has 1 aromatic heterocycles. The van der Waals surface area contributed by atoms with Crippen LogP contribution in [0.15, 0.2) is 18.3 Å². The van der Waals surface area contributed by atoms with Crippen LogP contribution in [-0.2, 0) is 6.42 Å². The fraction of sp³-hybridized carbons (Fsp3) is 0.500. The fourth-order valence-corrected chi connectivity index (χ4v) is 1.34. The van der Waals surface area contributed by atoms with E-state index in [4.69, 9.17) is 4.74 Å². The van der Waals surface area contributed by atoms with Crippen LogP contribution in [0.2, 0.25) is 0 Å². The molecule has 0 unspecified atom stereocenters. The molecule has 0 aromatic carbocycles. The number of hydrogen-bond acceptors (Lipinski definition) is 3. The molecule has 0 amide bonds. The van der Waals surface area contributed by atoms with Crippen LogP contribution in [0.3, 0.4) is 0 Å². The van der Waals surface area contributed by atoms with Crippen LogP contribution < -0.4 is 4.74 Å². The number of nitrogens with zero attached hydrogens (tertiary/aromatic N) is 1. The van der Waals surface area contributed by atoms with E-state index in [1.807, 2.05) is 12.1 Å². The van der Waals surface area contributed by atoms with E-state index in [0.29, 0.717) is 12.3 Å². The summed E-state index contributed by atoms with van der Waals surface area (Å²) in [5.74, 6) is 0.617. The molecule has 0 atom stereocenters. The van der Waals surface area contributed by atoms with Gasteiger partial charge in [0.05, 0.1) is 12.7 Å². The lowest BCUT2D eigenvalue weighted by Crippen LogP contribution is -2.10. The third kappa shape index (κ3) is 1.98. The van der Waals surface area contributed by atoms with Crippen molar-refractivity contribution in [3.63, 3.8) is 0 Å². The molecule has 3 nitrogen and oxygen atoms in total. The van der Waals surface area contributed by atoms with Gasteiger partial charge in [0, 0.05) is 18.7 Å². The molecule has 0 aliphatic heterocycles. The highest BCUT2D eigenvalue weighted by Gasteiger charge is 2.40. The molecule has 0 spiro atoms. The molecule has 0 saturated heterocycles. The zero-order valence-electron chi connectivity index (χ0n) is 7.66. The van der Waals surface area contributed by atoms with Crippen molar-refractivity contribution >= 4 is 0 Å². The summed E-state index contributed by atoms with van der Waals surface area (Å²) >= 11 is 0. The second-order valence-electron chi connectivity index (χ2n) is 3.61. The maximum atomic E-state index is 9.65. The van der Waals surface area contributed by atoms with E-state index in [1.54, 1.807) is 13.3 Å². The lowest BCUT2D eigenvalue weighted by molar-refractivity contribution is 0.151. The minimum absolute atomic E-state index is 0.434. The smallest absolute Gasteiger partial charge is 0.212 e. The standard InChI is InChI=1S/C10H13NO2/c1-13-9-3-2-8(7-11-9)6-10(12)4-5-10/h2-3,7,12H,4-6H2,1H3. The molecule has 0 radical (unpaired) electrons. The number of hydrogen-bond donors (Lipinski definition) is 1. The Morgan fingerprint density at radius 1 is 1.54 bits per heavy atom. The Morgan fingerprint density at radius 2 is 2.31 bits per heavy atom. The number of methoxy groups -OCH3 is 1. The minimum Gasteiger partial charge on any atom is -0.481 e. The van der Waals surface area contributed by atoms with Gasteiger partial charge in [-0.25, -0.2) is 4.98 Å². The van der Waals surface area contributed by atoms with Crippen molar-refractivity contribution in [2.24, 2.45) is 0 Å². The molecular formula is C10H13NO2. The molecule has 13 heavy (non-hydrogen) atoms. The monoisotopic (exact) mass is 179 g/mol. The van der Waals surface area contributed by atoms with Crippen LogP contribution in [0.25, 0.3) is 0 Å². The van der Waals surface area contributed by atoms with Crippen LogP contribution in [0.5, 0.6) is 5.88 Å². The molecule has 1 N–H and O–H groups in total. The second kappa shape index (κ2) is 3.00. The maximum absolute atomic E-state index is 9.65. The van der Waals surface area contributed by atoms with E-state index in [9.17, 15) is 5.11 Å². The van der Waals surface area contributed by atoms with E-state index in [0.717, 1.165) is 18.4 Å². The zero-order chi connectivity index (χ0) is 9.31. The first kappa shape index (κ1) is 8.51. The van der Waals surface area contributed by atoms with Gasteiger partial charge in [-0.05, 0) is 18.4 Å². The summed E-state index contributed by atoms with van der Waals surface area (Å²) in [6.07, 6.45) is 4.30. The van der Waals surface area contributed by atoms with Crippen LogP contribution in [-0.4, -0.2) is 22.8 Å². The predicted octanol–water partition coefficient (Wildman–Crippen LogP) is 1.16. The second-order valence-corrected chi connectivity index (χ2v) is 3.61. The van der Waals surface area contributed by atoms with Crippen LogP contribution in [0.1, 0.15) is 18.4 Å². The van der Waals surface area contributed by atoms with Crippen molar-refractivity contribution in [3.05, 3.63) is 23.9 Å². The molecular weight excluding hydrogens is 166 g/mol. The van der Waals surface area contributed by atoms with Crippen molar-refractivity contribution in [1.82, 2.24) is 4.98 Å². The summed E-state index contributed by atoms with van der Waals surface area (Å²) in [6, 6.07) is 3.77. The third-order valence-electron chi connectivity index (χ3n) is 2.37. The van der Waals surface area contributed by atoms with Crippen molar-refractivity contribution in [2.75, 3.05) is 7.11 Å². The van der Waals surface area contributed by atoms with E-state index < -0.39 is 5.60 Å². The van der Waals surface area contributed by atoms with Gasteiger partial charge in [0.2, 0.25) is 5.88 Å². The molecule has 1 aromatic rings. The Kier molecular flexibility index (Phi) is 1.96. The zero-order valence-corrected chi connectivity index (χ0v) is 7.66. The Balaban J connectivity index is 2.05. The molecule has 70 valence electrons. The van der Waals surface area contributed by atoms with E-state index >= 15 is 0 Å². The van der Waals surface area contributed by atoms with Crippen molar-refractivity contribution in [1.29, 1.82) is 0 Å². The van der Waals surface area contributed by atoms with Gasteiger partial charge in [-0.2, -0.15) is 0 Å². The Bertz CT molecular complexity index is 290. The summed E-state index contributed by atoms with van der Waals surface area (Å²) in [5, 5.41) is 9.65. The van der Waals surface area contributed by atoms with Crippen molar-refractivity contribution < 1.29 is 9.84 Å². The fourth-order valence-electron chi connectivity index (χ4n) is 1.34. The quantitative estimate of drug-likeness (QED) is 0.757. The SMILES string of the molecule is COc1ccc(CC2(O)CC2)cn1. The van der Waals surface area contributed by atoms with Crippen LogP contribution >= 0.6 is 0 Å². The highest BCUT2D eigenvalue weighted by molar-refractivity contribution is 5.20. The average molecular weight is 179 g/mol. The summed E-state index contributed by atoms with van der Waals surface area (Å²) in [4.78, 5) is 4.08.